The number of guanidine groups is 1. The molecule has 0 atom stereocenters. The summed E-state index contributed by atoms with van der Waals surface area (Å²) in [6.07, 6.45) is 7.36. The SMILES string of the molecule is CCCOCc1ccccc1CNC(=NC)NCC1(CCOC)CCCC1.I. The van der Waals surface area contributed by atoms with Gasteiger partial charge in [0.15, 0.2) is 5.96 Å². The molecule has 0 unspecified atom stereocenters. The van der Waals surface area contributed by atoms with Crippen molar-refractivity contribution >= 4 is 29.9 Å². The molecule has 0 heterocycles. The highest BCUT2D eigenvalue weighted by Gasteiger charge is 2.33. The summed E-state index contributed by atoms with van der Waals surface area (Å²) in [7, 11) is 3.63. The minimum Gasteiger partial charge on any atom is -0.385 e. The van der Waals surface area contributed by atoms with E-state index in [1.165, 1.54) is 36.8 Å². The summed E-state index contributed by atoms with van der Waals surface area (Å²) in [5, 5.41) is 7.02. The first-order chi connectivity index (χ1) is 13.2. The lowest BCUT2D eigenvalue weighted by atomic mass is 9.83. The number of hydrogen-bond donors (Lipinski definition) is 2. The molecule has 0 spiro atoms. The Labute approximate surface area is 188 Å². The number of ether oxygens (including phenoxy) is 2. The first kappa shape index (κ1) is 25.2. The quantitative estimate of drug-likeness (QED) is 0.202. The van der Waals surface area contributed by atoms with Crippen molar-refractivity contribution in [2.24, 2.45) is 10.4 Å². The van der Waals surface area contributed by atoms with Gasteiger partial charge in [-0.3, -0.25) is 4.99 Å². The lowest BCUT2D eigenvalue weighted by Crippen LogP contribution is -2.43. The Morgan fingerprint density at radius 1 is 1.11 bits per heavy atom. The first-order valence-electron chi connectivity index (χ1n) is 10.3. The highest BCUT2D eigenvalue weighted by molar-refractivity contribution is 14.0. The number of methoxy groups -OCH3 is 1. The van der Waals surface area contributed by atoms with Gasteiger partial charge >= 0.3 is 0 Å². The zero-order valence-corrected chi connectivity index (χ0v) is 20.1. The largest absolute Gasteiger partial charge is 0.385 e. The van der Waals surface area contributed by atoms with E-state index < -0.39 is 0 Å². The van der Waals surface area contributed by atoms with Crippen molar-refractivity contribution in [3.05, 3.63) is 35.4 Å². The second-order valence-corrected chi connectivity index (χ2v) is 7.55. The average molecular weight is 503 g/mol. The van der Waals surface area contributed by atoms with Crippen LogP contribution in [-0.2, 0) is 22.6 Å². The van der Waals surface area contributed by atoms with Crippen molar-refractivity contribution < 1.29 is 9.47 Å². The molecular formula is C22H38IN3O2. The van der Waals surface area contributed by atoms with Gasteiger partial charge < -0.3 is 20.1 Å². The Kier molecular flexibility index (Phi) is 12.7. The van der Waals surface area contributed by atoms with Crippen LogP contribution in [0.4, 0.5) is 0 Å². The summed E-state index contributed by atoms with van der Waals surface area (Å²) in [5.74, 6) is 0.864. The third kappa shape index (κ3) is 8.25. The molecule has 2 N–H and O–H groups in total. The number of rotatable bonds is 11. The van der Waals surface area contributed by atoms with Gasteiger partial charge in [-0.15, -0.1) is 24.0 Å². The maximum Gasteiger partial charge on any atom is 0.191 e. The molecule has 0 aromatic heterocycles. The molecule has 160 valence electrons. The second kappa shape index (κ2) is 14.2. The molecule has 0 aliphatic heterocycles. The van der Waals surface area contributed by atoms with Gasteiger partial charge in [-0.1, -0.05) is 44.0 Å². The molecule has 0 bridgehead atoms. The van der Waals surface area contributed by atoms with Gasteiger partial charge in [0.05, 0.1) is 6.61 Å². The van der Waals surface area contributed by atoms with Gasteiger partial charge in [0.1, 0.15) is 0 Å². The molecular weight excluding hydrogens is 465 g/mol. The predicted molar refractivity (Wildman–Crippen MR) is 127 cm³/mol. The molecule has 1 aromatic rings. The van der Waals surface area contributed by atoms with Crippen molar-refractivity contribution in [2.45, 2.75) is 58.6 Å². The van der Waals surface area contributed by atoms with E-state index in [-0.39, 0.29) is 24.0 Å². The number of benzene rings is 1. The Bertz CT molecular complexity index is 575. The van der Waals surface area contributed by atoms with Crippen molar-refractivity contribution in [3.63, 3.8) is 0 Å². The van der Waals surface area contributed by atoms with Crippen molar-refractivity contribution in [1.82, 2.24) is 10.6 Å². The van der Waals surface area contributed by atoms with E-state index in [0.29, 0.717) is 12.0 Å². The number of nitrogens with one attached hydrogen (secondary N) is 2. The fraction of sp³-hybridized carbons (Fsp3) is 0.682. The van der Waals surface area contributed by atoms with Gasteiger partial charge in [-0.2, -0.15) is 0 Å². The zero-order chi connectivity index (χ0) is 19.4. The van der Waals surface area contributed by atoms with Crippen LogP contribution in [0.3, 0.4) is 0 Å². The molecule has 0 radical (unpaired) electrons. The van der Waals surface area contributed by atoms with E-state index in [2.05, 4.69) is 46.8 Å². The Morgan fingerprint density at radius 3 is 2.46 bits per heavy atom. The molecule has 0 amide bonds. The monoisotopic (exact) mass is 503 g/mol. The fourth-order valence-corrected chi connectivity index (χ4v) is 3.83. The van der Waals surface area contributed by atoms with Gasteiger partial charge in [-0.05, 0) is 42.2 Å². The summed E-state index contributed by atoms with van der Waals surface area (Å²) in [6.45, 7) is 6.13. The number of hydrogen-bond acceptors (Lipinski definition) is 3. The van der Waals surface area contributed by atoms with Gasteiger partial charge in [-0.25, -0.2) is 0 Å². The molecule has 1 aromatic carbocycles. The molecule has 2 rings (SSSR count). The highest BCUT2D eigenvalue weighted by atomic mass is 127. The van der Waals surface area contributed by atoms with E-state index >= 15 is 0 Å². The predicted octanol–water partition coefficient (Wildman–Crippen LogP) is 4.49. The van der Waals surface area contributed by atoms with Crippen molar-refractivity contribution in [1.29, 1.82) is 0 Å². The standard InChI is InChI=1S/C22H37N3O2.HI/c1-4-14-27-17-20-10-6-5-9-19(20)16-24-21(23-2)25-18-22(13-15-26-3)11-7-8-12-22;/h5-6,9-10H,4,7-8,11-18H2,1-3H3,(H2,23,24,25);1H. The molecule has 6 heteroatoms. The average Bonchev–Trinajstić information content (AvgIpc) is 3.17. The summed E-state index contributed by atoms with van der Waals surface area (Å²) in [4.78, 5) is 4.41. The number of aliphatic imine (C=N–C) groups is 1. The van der Waals surface area contributed by atoms with Crippen LogP contribution in [-0.4, -0.2) is 39.9 Å². The molecule has 1 aliphatic carbocycles. The fourth-order valence-electron chi connectivity index (χ4n) is 3.83. The highest BCUT2D eigenvalue weighted by Crippen LogP contribution is 2.40. The first-order valence-corrected chi connectivity index (χ1v) is 10.3. The van der Waals surface area contributed by atoms with E-state index in [1.807, 2.05) is 7.05 Å². The Hall–Kier alpha value is -0.860. The summed E-state index contributed by atoms with van der Waals surface area (Å²) < 4.78 is 11.1. The minimum absolute atomic E-state index is 0. The van der Waals surface area contributed by atoms with Gasteiger partial charge in [0.25, 0.3) is 0 Å². The van der Waals surface area contributed by atoms with Crippen LogP contribution in [0.15, 0.2) is 29.3 Å². The van der Waals surface area contributed by atoms with E-state index in [0.717, 1.165) is 45.1 Å². The minimum atomic E-state index is 0. The van der Waals surface area contributed by atoms with Gasteiger partial charge in [0, 0.05) is 40.5 Å². The molecule has 5 nitrogen and oxygen atoms in total. The van der Waals surface area contributed by atoms with Crippen LogP contribution in [0, 0.1) is 5.41 Å². The van der Waals surface area contributed by atoms with E-state index in [9.17, 15) is 0 Å². The Morgan fingerprint density at radius 2 is 1.82 bits per heavy atom. The maximum atomic E-state index is 5.72. The van der Waals surface area contributed by atoms with Crippen LogP contribution >= 0.6 is 24.0 Å². The Balaban J connectivity index is 0.00000392. The van der Waals surface area contributed by atoms with Crippen LogP contribution < -0.4 is 10.6 Å². The second-order valence-electron chi connectivity index (χ2n) is 7.55. The summed E-state index contributed by atoms with van der Waals surface area (Å²) in [6, 6.07) is 8.44. The number of nitrogens with zero attached hydrogens (tertiary/aromatic N) is 1. The zero-order valence-electron chi connectivity index (χ0n) is 17.8. The molecule has 0 saturated heterocycles. The van der Waals surface area contributed by atoms with Crippen molar-refractivity contribution in [3.8, 4) is 0 Å². The van der Waals surface area contributed by atoms with E-state index in [1.54, 1.807) is 7.11 Å². The summed E-state index contributed by atoms with van der Waals surface area (Å²) in [5.41, 5.74) is 2.84. The van der Waals surface area contributed by atoms with Crippen LogP contribution in [0.2, 0.25) is 0 Å². The third-order valence-electron chi connectivity index (χ3n) is 5.53. The summed E-state index contributed by atoms with van der Waals surface area (Å²) >= 11 is 0. The van der Waals surface area contributed by atoms with Crippen LogP contribution in [0.1, 0.15) is 56.6 Å². The van der Waals surface area contributed by atoms with Gasteiger partial charge in [0.2, 0.25) is 0 Å². The molecule has 28 heavy (non-hydrogen) atoms. The van der Waals surface area contributed by atoms with Crippen molar-refractivity contribution in [2.75, 3.05) is 33.9 Å². The van der Waals surface area contributed by atoms with E-state index in [4.69, 9.17) is 9.47 Å². The lowest BCUT2D eigenvalue weighted by Gasteiger charge is -2.30. The maximum absolute atomic E-state index is 5.72. The van der Waals surface area contributed by atoms with Crippen LogP contribution in [0.25, 0.3) is 0 Å². The molecule has 1 saturated carbocycles. The van der Waals surface area contributed by atoms with Crippen LogP contribution in [0.5, 0.6) is 0 Å². The third-order valence-corrected chi connectivity index (χ3v) is 5.53. The molecule has 1 aliphatic rings. The normalized spacial score (nSPS) is 15.9. The number of halogens is 1. The topological polar surface area (TPSA) is 54.9 Å². The molecule has 1 fully saturated rings. The smallest absolute Gasteiger partial charge is 0.191 e. The lowest BCUT2D eigenvalue weighted by molar-refractivity contribution is 0.121.